The highest BCUT2D eigenvalue weighted by atomic mass is 14.7. The van der Waals surface area contributed by atoms with Crippen molar-refractivity contribution in [1.82, 2.24) is 4.98 Å². The fourth-order valence-electron chi connectivity index (χ4n) is 3.55. The first-order valence-electron chi connectivity index (χ1n) is 6.23. The third kappa shape index (κ3) is 1.49. The van der Waals surface area contributed by atoms with E-state index in [4.69, 9.17) is 0 Å². The molecule has 2 aliphatic carbocycles. The molecule has 80 valence electrons. The van der Waals surface area contributed by atoms with Gasteiger partial charge in [-0.05, 0) is 55.2 Å². The van der Waals surface area contributed by atoms with E-state index < -0.39 is 0 Å². The molecule has 0 unspecified atom stereocenters. The van der Waals surface area contributed by atoms with Gasteiger partial charge in [0, 0.05) is 11.9 Å². The summed E-state index contributed by atoms with van der Waals surface area (Å²) in [5, 5.41) is 0. The zero-order valence-corrected chi connectivity index (χ0v) is 9.55. The minimum Gasteiger partial charge on any atom is -0.261 e. The van der Waals surface area contributed by atoms with Gasteiger partial charge < -0.3 is 0 Å². The van der Waals surface area contributed by atoms with Crippen LogP contribution in [0.5, 0.6) is 0 Å². The van der Waals surface area contributed by atoms with Gasteiger partial charge >= 0.3 is 0 Å². The van der Waals surface area contributed by atoms with E-state index in [1.165, 1.54) is 50.6 Å². The van der Waals surface area contributed by atoms with E-state index in [0.717, 1.165) is 0 Å². The third-order valence-corrected chi connectivity index (χ3v) is 4.40. The number of nitrogens with zero attached hydrogens (tertiary/aromatic N) is 1. The molecule has 1 heteroatoms. The summed E-state index contributed by atoms with van der Waals surface area (Å²) in [7, 11) is 0. The first-order valence-corrected chi connectivity index (χ1v) is 6.23. The second-order valence-electron chi connectivity index (χ2n) is 5.45. The number of pyridine rings is 1. The Morgan fingerprint density at radius 2 is 1.93 bits per heavy atom. The molecule has 0 atom stereocenters. The van der Waals surface area contributed by atoms with Crippen LogP contribution in [0.2, 0.25) is 0 Å². The zero-order valence-electron chi connectivity index (χ0n) is 9.55. The van der Waals surface area contributed by atoms with Gasteiger partial charge in [-0.3, -0.25) is 4.98 Å². The molecule has 1 aromatic heterocycles. The highest BCUT2D eigenvalue weighted by Crippen LogP contribution is 2.47. The van der Waals surface area contributed by atoms with Gasteiger partial charge in [0.25, 0.3) is 0 Å². The Kier molecular flexibility index (Phi) is 2.08. The highest BCUT2D eigenvalue weighted by molar-refractivity contribution is 5.36. The number of hydrogen-bond donors (Lipinski definition) is 0. The van der Waals surface area contributed by atoms with Gasteiger partial charge in [0.05, 0.1) is 0 Å². The number of hydrogen-bond acceptors (Lipinski definition) is 1. The average Bonchev–Trinajstić information content (AvgIpc) is 2.59. The van der Waals surface area contributed by atoms with Gasteiger partial charge in [0.1, 0.15) is 0 Å². The molecule has 0 N–H and O–H groups in total. The van der Waals surface area contributed by atoms with Gasteiger partial charge in [0.15, 0.2) is 0 Å². The zero-order chi connectivity index (χ0) is 10.3. The van der Waals surface area contributed by atoms with Crippen molar-refractivity contribution < 1.29 is 0 Å². The molecule has 0 amide bonds. The summed E-state index contributed by atoms with van der Waals surface area (Å²) < 4.78 is 0. The largest absolute Gasteiger partial charge is 0.261 e. The van der Waals surface area contributed by atoms with Crippen molar-refractivity contribution in [2.75, 3.05) is 0 Å². The molecular formula is C14H19N. The standard InChI is InChI=1S/C14H19N/c1-11-13-10-14(6-3-2-4-7-14)9-12(13)5-8-15-11/h5,8H,2-4,6-7,9-10H2,1H3. The molecule has 1 spiro atoms. The molecule has 1 nitrogen and oxygen atoms in total. The molecule has 1 fully saturated rings. The molecule has 1 saturated carbocycles. The molecule has 2 aliphatic rings. The Balaban J connectivity index is 1.94. The van der Waals surface area contributed by atoms with Crippen LogP contribution in [0.3, 0.4) is 0 Å². The average molecular weight is 201 g/mol. The van der Waals surface area contributed by atoms with E-state index in [0.29, 0.717) is 5.41 Å². The summed E-state index contributed by atoms with van der Waals surface area (Å²) in [6, 6.07) is 2.24. The van der Waals surface area contributed by atoms with Crippen LogP contribution in [-0.2, 0) is 12.8 Å². The lowest BCUT2D eigenvalue weighted by Crippen LogP contribution is -2.24. The van der Waals surface area contributed by atoms with Gasteiger partial charge in [-0.2, -0.15) is 0 Å². The molecule has 15 heavy (non-hydrogen) atoms. The number of fused-ring (bicyclic) bond motifs is 1. The monoisotopic (exact) mass is 201 g/mol. The first-order chi connectivity index (χ1) is 7.29. The van der Waals surface area contributed by atoms with Crippen molar-refractivity contribution in [1.29, 1.82) is 0 Å². The summed E-state index contributed by atoms with van der Waals surface area (Å²) >= 11 is 0. The van der Waals surface area contributed by atoms with Gasteiger partial charge in [-0.15, -0.1) is 0 Å². The van der Waals surface area contributed by atoms with Gasteiger partial charge in [0.2, 0.25) is 0 Å². The van der Waals surface area contributed by atoms with E-state index in [1.54, 1.807) is 11.1 Å². The molecule has 0 aliphatic heterocycles. The summed E-state index contributed by atoms with van der Waals surface area (Å²) in [6.07, 6.45) is 11.8. The fraction of sp³-hybridized carbons (Fsp3) is 0.643. The quantitative estimate of drug-likeness (QED) is 0.626. The minimum atomic E-state index is 0.633. The van der Waals surface area contributed by atoms with Crippen molar-refractivity contribution >= 4 is 0 Å². The van der Waals surface area contributed by atoms with Crippen LogP contribution in [0.4, 0.5) is 0 Å². The van der Waals surface area contributed by atoms with Crippen LogP contribution >= 0.6 is 0 Å². The lowest BCUT2D eigenvalue weighted by molar-refractivity contribution is 0.202. The molecule has 0 bridgehead atoms. The SMILES string of the molecule is Cc1nccc2c1CC1(CCCCC1)C2. The molecular weight excluding hydrogens is 182 g/mol. The lowest BCUT2D eigenvalue weighted by atomic mass is 9.72. The van der Waals surface area contributed by atoms with Crippen LogP contribution in [0.25, 0.3) is 0 Å². The number of rotatable bonds is 0. The van der Waals surface area contributed by atoms with Crippen LogP contribution in [0.15, 0.2) is 12.3 Å². The highest BCUT2D eigenvalue weighted by Gasteiger charge is 2.38. The number of aromatic nitrogens is 1. The van der Waals surface area contributed by atoms with Crippen molar-refractivity contribution in [3.63, 3.8) is 0 Å². The first kappa shape index (κ1) is 9.38. The maximum absolute atomic E-state index is 4.43. The summed E-state index contributed by atoms with van der Waals surface area (Å²) in [4.78, 5) is 4.43. The Labute approximate surface area is 91.9 Å². The van der Waals surface area contributed by atoms with E-state index in [-0.39, 0.29) is 0 Å². The summed E-state index contributed by atoms with van der Waals surface area (Å²) in [5.74, 6) is 0. The smallest absolute Gasteiger partial charge is 0.0407 e. The third-order valence-electron chi connectivity index (χ3n) is 4.40. The van der Waals surface area contributed by atoms with E-state index in [1.807, 2.05) is 6.20 Å². The number of aryl methyl sites for hydroxylation is 1. The van der Waals surface area contributed by atoms with Crippen molar-refractivity contribution in [2.24, 2.45) is 5.41 Å². The Hall–Kier alpha value is -0.850. The van der Waals surface area contributed by atoms with Crippen LogP contribution in [-0.4, -0.2) is 4.98 Å². The van der Waals surface area contributed by atoms with Crippen molar-refractivity contribution in [2.45, 2.75) is 51.9 Å². The second-order valence-corrected chi connectivity index (χ2v) is 5.45. The Morgan fingerprint density at radius 3 is 2.67 bits per heavy atom. The van der Waals surface area contributed by atoms with Gasteiger partial charge in [-0.25, -0.2) is 0 Å². The van der Waals surface area contributed by atoms with Crippen LogP contribution in [0.1, 0.15) is 48.9 Å². The maximum atomic E-state index is 4.43. The van der Waals surface area contributed by atoms with Gasteiger partial charge in [-0.1, -0.05) is 19.3 Å². The normalized spacial score (nSPS) is 23.0. The van der Waals surface area contributed by atoms with E-state index in [9.17, 15) is 0 Å². The second kappa shape index (κ2) is 3.33. The van der Waals surface area contributed by atoms with Crippen LogP contribution < -0.4 is 0 Å². The topological polar surface area (TPSA) is 12.9 Å². The maximum Gasteiger partial charge on any atom is 0.0407 e. The van der Waals surface area contributed by atoms with Crippen molar-refractivity contribution in [3.05, 3.63) is 29.1 Å². The molecule has 1 aromatic rings. The summed E-state index contributed by atoms with van der Waals surface area (Å²) in [5.41, 5.74) is 5.06. The fourth-order valence-corrected chi connectivity index (χ4v) is 3.55. The molecule has 0 radical (unpaired) electrons. The molecule has 3 rings (SSSR count). The van der Waals surface area contributed by atoms with E-state index in [2.05, 4.69) is 18.0 Å². The van der Waals surface area contributed by atoms with Crippen molar-refractivity contribution in [3.8, 4) is 0 Å². The molecule has 0 aromatic carbocycles. The van der Waals surface area contributed by atoms with E-state index >= 15 is 0 Å². The summed E-state index contributed by atoms with van der Waals surface area (Å²) in [6.45, 7) is 2.17. The Bertz CT molecular complexity index is 375. The molecule has 1 heterocycles. The Morgan fingerprint density at radius 1 is 1.13 bits per heavy atom. The molecule has 0 saturated heterocycles. The minimum absolute atomic E-state index is 0.633. The predicted molar refractivity (Wildman–Crippen MR) is 61.9 cm³/mol. The lowest BCUT2D eigenvalue weighted by Gasteiger charge is -2.33. The van der Waals surface area contributed by atoms with Crippen LogP contribution in [0, 0.1) is 12.3 Å². The predicted octanol–water partition coefficient (Wildman–Crippen LogP) is 3.44.